The lowest BCUT2D eigenvalue weighted by Crippen LogP contribution is -2.27. The maximum Gasteiger partial charge on any atom is 0.0681 e. The highest BCUT2D eigenvalue weighted by molar-refractivity contribution is 5.22. The van der Waals surface area contributed by atoms with Crippen molar-refractivity contribution in [3.8, 4) is 0 Å². The molecule has 0 radical (unpaired) electrons. The summed E-state index contributed by atoms with van der Waals surface area (Å²) in [6, 6.07) is 8.73. The first-order chi connectivity index (χ1) is 7.80. The first-order valence-electron chi connectivity index (χ1n) is 6.22. The number of aliphatic hydroxyl groups is 1. The van der Waals surface area contributed by atoms with Crippen molar-refractivity contribution < 1.29 is 5.11 Å². The highest BCUT2D eigenvalue weighted by atomic mass is 16.3. The van der Waals surface area contributed by atoms with Crippen molar-refractivity contribution in [2.75, 3.05) is 0 Å². The van der Waals surface area contributed by atoms with Crippen LogP contribution in [0.3, 0.4) is 0 Å². The van der Waals surface area contributed by atoms with Gasteiger partial charge in [0.15, 0.2) is 0 Å². The molecule has 0 heterocycles. The third kappa shape index (κ3) is 4.33. The molecule has 1 aromatic rings. The zero-order valence-electron chi connectivity index (χ0n) is 10.4. The van der Waals surface area contributed by atoms with Gasteiger partial charge in [-0.05, 0) is 24.0 Å². The van der Waals surface area contributed by atoms with Crippen molar-refractivity contribution in [3.63, 3.8) is 0 Å². The van der Waals surface area contributed by atoms with Gasteiger partial charge in [-0.1, -0.05) is 44.5 Å². The summed E-state index contributed by atoms with van der Waals surface area (Å²) < 4.78 is 0. The van der Waals surface area contributed by atoms with E-state index in [9.17, 15) is 0 Å². The van der Waals surface area contributed by atoms with Gasteiger partial charge in [0, 0.05) is 12.6 Å². The number of aliphatic hydroxyl groups excluding tert-OH is 1. The van der Waals surface area contributed by atoms with Gasteiger partial charge in [0.25, 0.3) is 0 Å². The standard InChI is InChI=1S/C14H23NO/c1-3-6-14(4-2)15-10-12-7-5-8-13(9-12)11-16/h5,7-9,14-16H,3-4,6,10-11H2,1-2H3. The summed E-state index contributed by atoms with van der Waals surface area (Å²) in [5, 5.41) is 12.6. The average molecular weight is 221 g/mol. The smallest absolute Gasteiger partial charge is 0.0681 e. The van der Waals surface area contributed by atoms with Gasteiger partial charge in [-0.3, -0.25) is 0 Å². The molecule has 1 unspecified atom stereocenters. The van der Waals surface area contributed by atoms with Crippen LogP contribution >= 0.6 is 0 Å². The third-order valence-corrected chi connectivity index (χ3v) is 2.90. The number of hydrogen-bond acceptors (Lipinski definition) is 2. The topological polar surface area (TPSA) is 32.3 Å². The van der Waals surface area contributed by atoms with Crippen molar-refractivity contribution in [1.82, 2.24) is 5.32 Å². The van der Waals surface area contributed by atoms with Gasteiger partial charge in [-0.15, -0.1) is 0 Å². The molecule has 0 aliphatic rings. The molecule has 16 heavy (non-hydrogen) atoms. The number of rotatable bonds is 7. The molecular formula is C14H23NO. The van der Waals surface area contributed by atoms with Crippen LogP contribution in [-0.2, 0) is 13.2 Å². The summed E-state index contributed by atoms with van der Waals surface area (Å²) >= 11 is 0. The Kier molecular flexibility index (Phi) is 6.12. The Morgan fingerprint density at radius 3 is 2.62 bits per heavy atom. The molecule has 0 spiro atoms. The molecular weight excluding hydrogens is 198 g/mol. The van der Waals surface area contributed by atoms with E-state index in [4.69, 9.17) is 5.11 Å². The SMILES string of the molecule is CCCC(CC)NCc1cccc(CO)c1. The molecule has 0 aliphatic carbocycles. The van der Waals surface area contributed by atoms with Crippen LogP contribution < -0.4 is 5.32 Å². The largest absolute Gasteiger partial charge is 0.392 e. The number of hydrogen-bond donors (Lipinski definition) is 2. The fourth-order valence-electron chi connectivity index (χ4n) is 1.90. The molecule has 0 saturated heterocycles. The lowest BCUT2D eigenvalue weighted by molar-refractivity contribution is 0.281. The fraction of sp³-hybridized carbons (Fsp3) is 0.571. The van der Waals surface area contributed by atoms with E-state index in [1.54, 1.807) is 0 Å². The Balaban J connectivity index is 2.46. The highest BCUT2D eigenvalue weighted by Gasteiger charge is 2.03. The van der Waals surface area contributed by atoms with Crippen molar-refractivity contribution >= 4 is 0 Å². The van der Waals surface area contributed by atoms with Crippen LogP contribution in [0.4, 0.5) is 0 Å². The van der Waals surface area contributed by atoms with E-state index in [-0.39, 0.29) is 6.61 Å². The summed E-state index contributed by atoms with van der Waals surface area (Å²) in [7, 11) is 0. The number of nitrogens with one attached hydrogen (secondary N) is 1. The van der Waals surface area contributed by atoms with Crippen LogP contribution in [0.1, 0.15) is 44.2 Å². The van der Waals surface area contributed by atoms with E-state index in [1.165, 1.54) is 24.8 Å². The normalized spacial score (nSPS) is 12.7. The molecule has 2 nitrogen and oxygen atoms in total. The van der Waals surface area contributed by atoms with Gasteiger partial charge >= 0.3 is 0 Å². The van der Waals surface area contributed by atoms with Crippen molar-refractivity contribution in [2.45, 2.75) is 52.3 Å². The monoisotopic (exact) mass is 221 g/mol. The van der Waals surface area contributed by atoms with Crippen LogP contribution in [0.5, 0.6) is 0 Å². The first-order valence-corrected chi connectivity index (χ1v) is 6.22. The Labute approximate surface area is 98.7 Å². The Bertz CT molecular complexity index is 299. The lowest BCUT2D eigenvalue weighted by atomic mass is 10.1. The molecule has 0 aromatic heterocycles. The minimum atomic E-state index is 0.125. The van der Waals surface area contributed by atoms with E-state index >= 15 is 0 Å². The summed E-state index contributed by atoms with van der Waals surface area (Å²) in [4.78, 5) is 0. The van der Waals surface area contributed by atoms with Crippen molar-refractivity contribution in [1.29, 1.82) is 0 Å². The zero-order chi connectivity index (χ0) is 11.8. The number of benzene rings is 1. The van der Waals surface area contributed by atoms with Crippen LogP contribution in [0.2, 0.25) is 0 Å². The quantitative estimate of drug-likeness (QED) is 0.742. The van der Waals surface area contributed by atoms with E-state index < -0.39 is 0 Å². The van der Waals surface area contributed by atoms with Gasteiger partial charge in [-0.25, -0.2) is 0 Å². The predicted molar refractivity (Wildman–Crippen MR) is 68.2 cm³/mol. The van der Waals surface area contributed by atoms with E-state index in [1.807, 2.05) is 12.1 Å². The molecule has 2 heteroatoms. The molecule has 0 saturated carbocycles. The fourth-order valence-corrected chi connectivity index (χ4v) is 1.90. The molecule has 1 rings (SSSR count). The van der Waals surface area contributed by atoms with Gasteiger partial charge in [0.2, 0.25) is 0 Å². The maximum absolute atomic E-state index is 9.05. The molecule has 0 bridgehead atoms. The molecule has 0 amide bonds. The zero-order valence-corrected chi connectivity index (χ0v) is 10.4. The molecule has 0 fully saturated rings. The Morgan fingerprint density at radius 1 is 1.25 bits per heavy atom. The van der Waals surface area contributed by atoms with Crippen LogP contribution in [0, 0.1) is 0 Å². The van der Waals surface area contributed by atoms with Crippen LogP contribution in [0.15, 0.2) is 24.3 Å². The lowest BCUT2D eigenvalue weighted by Gasteiger charge is -2.16. The Morgan fingerprint density at radius 2 is 2.00 bits per heavy atom. The minimum absolute atomic E-state index is 0.125. The molecule has 90 valence electrons. The van der Waals surface area contributed by atoms with Gasteiger partial charge in [0.1, 0.15) is 0 Å². The minimum Gasteiger partial charge on any atom is -0.392 e. The first kappa shape index (κ1) is 13.2. The van der Waals surface area contributed by atoms with E-state index in [0.29, 0.717) is 6.04 Å². The van der Waals surface area contributed by atoms with Gasteiger partial charge in [0.05, 0.1) is 6.61 Å². The van der Waals surface area contributed by atoms with Gasteiger partial charge in [-0.2, -0.15) is 0 Å². The molecule has 1 atom stereocenters. The third-order valence-electron chi connectivity index (χ3n) is 2.90. The van der Waals surface area contributed by atoms with Gasteiger partial charge < -0.3 is 10.4 Å². The average Bonchev–Trinajstić information content (AvgIpc) is 2.34. The summed E-state index contributed by atoms with van der Waals surface area (Å²) in [5.74, 6) is 0. The Hall–Kier alpha value is -0.860. The summed E-state index contributed by atoms with van der Waals surface area (Å²) in [5.41, 5.74) is 2.24. The second-order valence-electron chi connectivity index (χ2n) is 4.25. The highest BCUT2D eigenvalue weighted by Crippen LogP contribution is 2.07. The molecule has 0 aliphatic heterocycles. The molecule has 2 N–H and O–H groups in total. The van der Waals surface area contributed by atoms with E-state index in [0.717, 1.165) is 12.1 Å². The molecule has 1 aromatic carbocycles. The van der Waals surface area contributed by atoms with Crippen molar-refractivity contribution in [3.05, 3.63) is 35.4 Å². The second kappa shape index (κ2) is 7.42. The summed E-state index contributed by atoms with van der Waals surface area (Å²) in [6.45, 7) is 5.46. The van der Waals surface area contributed by atoms with Crippen LogP contribution in [-0.4, -0.2) is 11.1 Å². The predicted octanol–water partition coefficient (Wildman–Crippen LogP) is 2.85. The summed E-state index contributed by atoms with van der Waals surface area (Å²) in [6.07, 6.45) is 3.63. The van der Waals surface area contributed by atoms with Crippen LogP contribution in [0.25, 0.3) is 0 Å². The maximum atomic E-state index is 9.05. The van der Waals surface area contributed by atoms with Crippen molar-refractivity contribution in [2.24, 2.45) is 0 Å². The van der Waals surface area contributed by atoms with E-state index in [2.05, 4.69) is 31.3 Å². The second-order valence-corrected chi connectivity index (χ2v) is 4.25.